The summed E-state index contributed by atoms with van der Waals surface area (Å²) in [5, 5.41) is 5.47. The van der Waals surface area contributed by atoms with E-state index in [1.54, 1.807) is 12.1 Å². The smallest absolute Gasteiger partial charge is 0.293 e. The first kappa shape index (κ1) is 25.2. The van der Waals surface area contributed by atoms with Gasteiger partial charge >= 0.3 is 0 Å². The molecule has 0 spiro atoms. The van der Waals surface area contributed by atoms with Gasteiger partial charge in [-0.15, -0.1) is 11.3 Å². The monoisotopic (exact) mass is 472 g/mol. The van der Waals surface area contributed by atoms with Crippen LogP contribution in [0.25, 0.3) is 0 Å². The number of nitrogens with one attached hydrogen (secondary N) is 1. The van der Waals surface area contributed by atoms with E-state index in [1.165, 1.54) is 23.5 Å². The Kier molecular flexibility index (Phi) is 8.56. The van der Waals surface area contributed by atoms with Gasteiger partial charge in [-0.05, 0) is 58.1 Å². The summed E-state index contributed by atoms with van der Waals surface area (Å²) in [5.74, 6) is 0.550. The topological polar surface area (TPSA) is 94.6 Å². The second-order valence-corrected chi connectivity index (χ2v) is 11.1. The van der Waals surface area contributed by atoms with Gasteiger partial charge in [0, 0.05) is 24.5 Å². The van der Waals surface area contributed by atoms with E-state index < -0.39 is 15.5 Å². The highest BCUT2D eigenvalue weighted by Gasteiger charge is 2.36. The van der Waals surface area contributed by atoms with Crippen molar-refractivity contribution >= 4 is 27.6 Å². The Morgan fingerprint density at radius 2 is 1.84 bits per heavy atom. The second kappa shape index (κ2) is 10.5. The van der Waals surface area contributed by atoms with Crippen LogP contribution in [0.1, 0.15) is 44.3 Å². The van der Waals surface area contributed by atoms with Gasteiger partial charge in [0.15, 0.2) is 15.5 Å². The third-order valence-corrected chi connectivity index (χ3v) is 6.57. The summed E-state index contributed by atoms with van der Waals surface area (Å²) in [6.07, 6.45) is 2.04. The summed E-state index contributed by atoms with van der Waals surface area (Å²) >= 11 is 1.32. The average Bonchev–Trinajstić information content (AvgIpc) is 3.16. The van der Waals surface area contributed by atoms with Crippen LogP contribution in [0.4, 0.5) is 4.39 Å². The normalized spacial score (nSPS) is 16.0. The molecule has 3 rings (SSSR count). The zero-order valence-electron chi connectivity index (χ0n) is 18.2. The molecule has 0 radical (unpaired) electrons. The van der Waals surface area contributed by atoms with Crippen molar-refractivity contribution in [2.45, 2.75) is 56.4 Å². The number of halogens is 1. The highest BCUT2D eigenvalue weighted by molar-refractivity contribution is 7.90. The molecule has 1 fully saturated rings. The molecule has 0 atom stereocenters. The largest absolute Gasteiger partial charge is 0.487 e. The molecule has 0 aliphatic carbocycles. The van der Waals surface area contributed by atoms with E-state index in [4.69, 9.17) is 4.74 Å². The molecule has 1 aromatic carbocycles. The molecule has 7 nitrogen and oxygen atoms in total. The predicted molar refractivity (Wildman–Crippen MR) is 118 cm³/mol. The minimum atomic E-state index is -3.22. The van der Waals surface area contributed by atoms with Gasteiger partial charge in [-0.25, -0.2) is 17.8 Å². The molecule has 0 amide bonds. The summed E-state index contributed by atoms with van der Waals surface area (Å²) in [7, 11) is -3.22. The van der Waals surface area contributed by atoms with Crippen molar-refractivity contribution in [2.75, 3.05) is 19.3 Å². The molecule has 1 aliphatic rings. The molecule has 0 unspecified atom stereocenters. The van der Waals surface area contributed by atoms with Crippen LogP contribution >= 0.6 is 11.3 Å². The molecule has 172 valence electrons. The third-order valence-electron chi connectivity index (χ3n) is 4.37. The number of carbonyl (C=O) groups is 1. The number of ether oxygens (including phenoxy) is 2. The second-order valence-electron chi connectivity index (χ2n) is 8.22. The lowest BCUT2D eigenvalue weighted by Crippen LogP contribution is -2.36. The number of alkyl halides is 1. The van der Waals surface area contributed by atoms with Gasteiger partial charge in [-0.3, -0.25) is 4.79 Å². The van der Waals surface area contributed by atoms with Gasteiger partial charge in [0.25, 0.3) is 6.47 Å². The Balaban J connectivity index is 0.000000423. The van der Waals surface area contributed by atoms with Crippen molar-refractivity contribution in [3.63, 3.8) is 0 Å². The van der Waals surface area contributed by atoms with Gasteiger partial charge in [0.1, 0.15) is 23.0 Å². The number of hydrogen-bond acceptors (Lipinski definition) is 8. The summed E-state index contributed by atoms with van der Waals surface area (Å²) in [6, 6.07) is 6.21. The quantitative estimate of drug-likeness (QED) is 0.642. The summed E-state index contributed by atoms with van der Waals surface area (Å²) in [5.41, 5.74) is -0.981. The van der Waals surface area contributed by atoms with E-state index in [-0.39, 0.29) is 17.1 Å². The maximum atomic E-state index is 14.8. The number of carbonyl (C=O) groups excluding carboxylic acids is 1. The fourth-order valence-electron chi connectivity index (χ4n) is 2.70. The van der Waals surface area contributed by atoms with Crippen molar-refractivity contribution in [1.82, 2.24) is 10.3 Å². The number of hydrogen-bond donors (Lipinski definition) is 1. The predicted octanol–water partition coefficient (Wildman–Crippen LogP) is 3.63. The average molecular weight is 473 g/mol. The number of rotatable bonds is 6. The molecular weight excluding hydrogens is 443 g/mol. The first-order chi connectivity index (χ1) is 14.4. The number of piperidine rings is 1. The third kappa shape index (κ3) is 8.19. The van der Waals surface area contributed by atoms with Crippen molar-refractivity contribution in [3.05, 3.63) is 40.3 Å². The molecular formula is C21H29FN2O5S2. The Labute approximate surface area is 186 Å². The lowest BCUT2D eigenvalue weighted by Gasteiger charge is -2.27. The van der Waals surface area contributed by atoms with Crippen molar-refractivity contribution in [3.8, 4) is 5.75 Å². The maximum Gasteiger partial charge on any atom is 0.293 e. The Morgan fingerprint density at radius 1 is 1.23 bits per heavy atom. The first-order valence-corrected chi connectivity index (χ1v) is 12.6. The van der Waals surface area contributed by atoms with Crippen LogP contribution in [-0.2, 0) is 31.6 Å². The van der Waals surface area contributed by atoms with Crippen LogP contribution in [0.2, 0.25) is 0 Å². The summed E-state index contributed by atoms with van der Waals surface area (Å²) in [4.78, 5) is 14.2. The maximum absolute atomic E-state index is 14.8. The van der Waals surface area contributed by atoms with Gasteiger partial charge in [0.05, 0.1) is 10.6 Å². The highest BCUT2D eigenvalue weighted by atomic mass is 32.2. The first-order valence-electron chi connectivity index (χ1n) is 9.82. The van der Waals surface area contributed by atoms with Crippen LogP contribution in [-0.4, -0.2) is 44.8 Å². The fourth-order valence-corrected chi connectivity index (χ4v) is 4.28. The Morgan fingerprint density at radius 3 is 2.32 bits per heavy atom. The molecule has 0 bridgehead atoms. The van der Waals surface area contributed by atoms with E-state index in [1.807, 2.05) is 26.2 Å². The van der Waals surface area contributed by atoms with Crippen LogP contribution in [0.15, 0.2) is 34.5 Å². The minimum absolute atomic E-state index is 0.225. The number of aromatic nitrogens is 1. The molecule has 1 N–H and O–H groups in total. The van der Waals surface area contributed by atoms with E-state index in [2.05, 4.69) is 15.0 Å². The van der Waals surface area contributed by atoms with Crippen LogP contribution in [0, 0.1) is 0 Å². The Bertz CT molecular complexity index is 947. The number of sulfone groups is 1. The zero-order chi connectivity index (χ0) is 23.1. The van der Waals surface area contributed by atoms with E-state index >= 15 is 0 Å². The SMILES string of the molecule is CC(C)(C)OC=O.CS(=O)(=O)c1ccc(OCc2csc(C3(F)CCNCC3)n2)cc1. The van der Waals surface area contributed by atoms with Gasteiger partial charge in [-0.1, -0.05) is 0 Å². The fraction of sp³-hybridized carbons (Fsp3) is 0.524. The lowest BCUT2D eigenvalue weighted by molar-refractivity contribution is -0.138. The highest BCUT2D eigenvalue weighted by Crippen LogP contribution is 2.36. The van der Waals surface area contributed by atoms with E-state index in [0.717, 1.165) is 6.26 Å². The van der Waals surface area contributed by atoms with Gasteiger partial charge in [0.2, 0.25) is 0 Å². The van der Waals surface area contributed by atoms with E-state index in [0.29, 0.717) is 48.9 Å². The van der Waals surface area contributed by atoms with Crippen LogP contribution in [0.5, 0.6) is 5.75 Å². The molecule has 2 heterocycles. The summed E-state index contributed by atoms with van der Waals surface area (Å²) < 4.78 is 47.8. The zero-order valence-corrected chi connectivity index (χ0v) is 19.8. The minimum Gasteiger partial charge on any atom is -0.487 e. The number of nitrogens with zero attached hydrogens (tertiary/aromatic N) is 1. The van der Waals surface area contributed by atoms with Crippen molar-refractivity contribution in [1.29, 1.82) is 0 Å². The van der Waals surface area contributed by atoms with Crippen molar-refractivity contribution in [2.24, 2.45) is 0 Å². The molecule has 0 saturated carbocycles. The Hall–Kier alpha value is -2.04. The molecule has 1 aliphatic heterocycles. The lowest BCUT2D eigenvalue weighted by atomic mass is 9.95. The molecule has 2 aromatic rings. The molecule has 31 heavy (non-hydrogen) atoms. The van der Waals surface area contributed by atoms with Gasteiger partial charge < -0.3 is 14.8 Å². The van der Waals surface area contributed by atoms with Crippen molar-refractivity contribution < 1.29 is 27.1 Å². The molecule has 10 heteroatoms. The van der Waals surface area contributed by atoms with Crippen LogP contribution < -0.4 is 10.1 Å². The number of benzene rings is 1. The standard InChI is InChI=1S/C16H19FN2O3S2.C5H10O2/c1-24(20,21)14-4-2-13(3-5-14)22-10-12-11-23-15(19-12)16(17)6-8-18-9-7-16;1-5(2,3)7-4-6/h2-5,11,18H,6-10H2,1H3;4H,1-3H3. The van der Waals surface area contributed by atoms with Crippen LogP contribution in [0.3, 0.4) is 0 Å². The number of thiazole rings is 1. The summed E-state index contributed by atoms with van der Waals surface area (Å²) in [6.45, 7) is 7.47. The molecule has 1 saturated heterocycles. The molecule has 1 aromatic heterocycles. The van der Waals surface area contributed by atoms with E-state index in [9.17, 15) is 17.6 Å². The van der Waals surface area contributed by atoms with Gasteiger partial charge in [-0.2, -0.15) is 0 Å².